The lowest BCUT2D eigenvalue weighted by Gasteiger charge is -2.14. The summed E-state index contributed by atoms with van der Waals surface area (Å²) in [5.74, 6) is -0.486. The van der Waals surface area contributed by atoms with Crippen LogP contribution in [0.4, 0.5) is 5.82 Å². The second kappa shape index (κ2) is 5.02. The molecule has 104 valence electrons. The zero-order valence-corrected chi connectivity index (χ0v) is 11.0. The van der Waals surface area contributed by atoms with Crippen LogP contribution in [-0.4, -0.2) is 33.3 Å². The van der Waals surface area contributed by atoms with Gasteiger partial charge in [-0.2, -0.15) is 0 Å². The number of hydrogen-bond donors (Lipinski definition) is 3. The Labute approximate surface area is 110 Å². The van der Waals surface area contributed by atoms with Gasteiger partial charge in [0.1, 0.15) is 18.1 Å². The minimum atomic E-state index is -0.671. The lowest BCUT2D eigenvalue weighted by molar-refractivity contribution is -0.0155. The molecular weight excluding hydrogens is 248 g/mol. The van der Waals surface area contributed by atoms with Crippen molar-refractivity contribution in [3.05, 3.63) is 23.2 Å². The van der Waals surface area contributed by atoms with Crippen molar-refractivity contribution in [2.75, 3.05) is 12.3 Å². The van der Waals surface area contributed by atoms with Gasteiger partial charge in [0.2, 0.25) is 0 Å². The number of imidazole rings is 1. The summed E-state index contributed by atoms with van der Waals surface area (Å²) < 4.78 is 7.30. The fourth-order valence-electron chi connectivity index (χ4n) is 2.27. The van der Waals surface area contributed by atoms with E-state index in [1.54, 1.807) is 4.57 Å². The van der Waals surface area contributed by atoms with Crippen LogP contribution in [0.2, 0.25) is 0 Å². The molecule has 0 bridgehead atoms. The monoisotopic (exact) mass is 266 g/mol. The van der Waals surface area contributed by atoms with E-state index in [4.69, 9.17) is 16.2 Å². The van der Waals surface area contributed by atoms with E-state index < -0.39 is 5.91 Å². The molecular formula is C12H18N4O3. The molecule has 1 fully saturated rings. The third-order valence-corrected chi connectivity index (χ3v) is 3.29. The Morgan fingerprint density at radius 3 is 2.74 bits per heavy atom. The fraction of sp³-hybridized carbons (Fsp3) is 0.500. The zero-order chi connectivity index (χ0) is 14.2. The molecule has 7 nitrogen and oxygen atoms in total. The summed E-state index contributed by atoms with van der Waals surface area (Å²) in [5.41, 5.74) is 13.2. The van der Waals surface area contributed by atoms with Gasteiger partial charge in [0, 0.05) is 6.42 Å². The second-order valence-electron chi connectivity index (χ2n) is 4.74. The molecule has 0 spiro atoms. The van der Waals surface area contributed by atoms with E-state index in [2.05, 4.69) is 4.98 Å². The summed E-state index contributed by atoms with van der Waals surface area (Å²) in [5, 5.41) is 9.32. The average Bonchev–Trinajstić information content (AvgIpc) is 2.91. The van der Waals surface area contributed by atoms with E-state index in [1.807, 2.05) is 13.8 Å². The number of aliphatic hydroxyl groups excluding tert-OH is 1. The summed E-state index contributed by atoms with van der Waals surface area (Å²) in [6.45, 7) is 3.85. The van der Waals surface area contributed by atoms with Crippen LogP contribution in [0.1, 0.15) is 37.0 Å². The number of anilines is 1. The molecule has 5 N–H and O–H groups in total. The van der Waals surface area contributed by atoms with Crippen LogP contribution in [0.3, 0.4) is 0 Å². The molecule has 2 atom stereocenters. The predicted molar refractivity (Wildman–Crippen MR) is 69.1 cm³/mol. The van der Waals surface area contributed by atoms with Gasteiger partial charge in [-0.25, -0.2) is 4.98 Å². The van der Waals surface area contributed by atoms with Crippen molar-refractivity contribution in [3.8, 4) is 0 Å². The van der Waals surface area contributed by atoms with Crippen LogP contribution in [0.15, 0.2) is 17.5 Å². The first-order chi connectivity index (χ1) is 8.95. The first-order valence-electron chi connectivity index (χ1n) is 6.00. The number of carbonyl (C=O) groups excluding carboxylic acids is 1. The molecule has 1 aliphatic rings. The van der Waals surface area contributed by atoms with Crippen LogP contribution in [0.5, 0.6) is 0 Å². The van der Waals surface area contributed by atoms with Crippen LogP contribution < -0.4 is 11.5 Å². The number of nitrogens with zero attached hydrogens (tertiary/aromatic N) is 2. The first kappa shape index (κ1) is 13.6. The number of aliphatic hydroxyl groups is 1. The topological polar surface area (TPSA) is 116 Å². The van der Waals surface area contributed by atoms with Crippen LogP contribution >= 0.6 is 0 Å². The molecule has 0 saturated carbocycles. The van der Waals surface area contributed by atoms with Gasteiger partial charge in [-0.3, -0.25) is 9.36 Å². The van der Waals surface area contributed by atoms with E-state index in [0.29, 0.717) is 6.42 Å². The molecule has 2 unspecified atom stereocenters. The Kier molecular flexibility index (Phi) is 3.59. The smallest absolute Gasteiger partial charge is 0.271 e. The van der Waals surface area contributed by atoms with Crippen molar-refractivity contribution in [3.63, 3.8) is 0 Å². The van der Waals surface area contributed by atoms with Gasteiger partial charge in [0.15, 0.2) is 5.69 Å². The largest absolute Gasteiger partial charge is 0.393 e. The highest BCUT2D eigenvalue weighted by Crippen LogP contribution is 2.36. The average molecular weight is 266 g/mol. The van der Waals surface area contributed by atoms with Crippen LogP contribution in [0.25, 0.3) is 0 Å². The van der Waals surface area contributed by atoms with Gasteiger partial charge >= 0.3 is 0 Å². The maximum Gasteiger partial charge on any atom is 0.271 e. The Morgan fingerprint density at radius 2 is 2.32 bits per heavy atom. The van der Waals surface area contributed by atoms with Crippen molar-refractivity contribution in [2.24, 2.45) is 5.73 Å². The lowest BCUT2D eigenvalue weighted by Crippen LogP contribution is -2.18. The van der Waals surface area contributed by atoms with E-state index in [9.17, 15) is 9.90 Å². The summed E-state index contributed by atoms with van der Waals surface area (Å²) in [7, 11) is 0. The molecule has 1 aromatic heterocycles. The van der Waals surface area contributed by atoms with Gasteiger partial charge in [0.05, 0.1) is 12.9 Å². The minimum absolute atomic E-state index is 0.0369. The molecule has 7 heteroatoms. The van der Waals surface area contributed by atoms with E-state index in [-0.39, 0.29) is 30.5 Å². The molecule has 0 aromatic carbocycles. The van der Waals surface area contributed by atoms with Gasteiger partial charge in [-0.1, -0.05) is 5.57 Å². The second-order valence-corrected chi connectivity index (χ2v) is 4.74. The molecule has 19 heavy (non-hydrogen) atoms. The number of rotatable bonds is 3. The predicted octanol–water partition coefficient (Wildman–Crippen LogP) is 0.180. The number of amides is 1. The lowest BCUT2D eigenvalue weighted by atomic mass is 10.0. The third kappa shape index (κ3) is 2.34. The SMILES string of the molecule is CC(C)=C1CC(n2cnc(C(N)=O)c2N)OC1CO. The number of nitrogen functional groups attached to an aromatic ring is 1. The minimum Gasteiger partial charge on any atom is -0.393 e. The van der Waals surface area contributed by atoms with Crippen LogP contribution in [-0.2, 0) is 4.74 Å². The number of aromatic nitrogens is 2. The summed E-state index contributed by atoms with van der Waals surface area (Å²) in [4.78, 5) is 15.0. The van der Waals surface area contributed by atoms with Gasteiger partial charge in [0.25, 0.3) is 5.91 Å². The number of carbonyl (C=O) groups is 1. The van der Waals surface area contributed by atoms with Crippen molar-refractivity contribution < 1.29 is 14.6 Å². The molecule has 2 heterocycles. The third-order valence-electron chi connectivity index (χ3n) is 3.29. The molecule has 1 amide bonds. The van der Waals surface area contributed by atoms with E-state index in [1.165, 1.54) is 6.33 Å². The van der Waals surface area contributed by atoms with Crippen molar-refractivity contribution in [2.45, 2.75) is 32.6 Å². The standard InChI is InChI=1S/C12H18N4O3/c1-6(2)7-3-9(19-8(7)4-17)16-5-15-10(11(16)13)12(14)18/h5,8-9,17H,3-4,13H2,1-2H3,(H2,14,18). The Hall–Kier alpha value is -1.86. The normalized spacial score (nSPS) is 22.8. The maximum absolute atomic E-state index is 11.1. The summed E-state index contributed by atoms with van der Waals surface area (Å²) in [6, 6.07) is 0. The van der Waals surface area contributed by atoms with Crippen molar-refractivity contribution >= 4 is 11.7 Å². The van der Waals surface area contributed by atoms with E-state index >= 15 is 0 Å². The van der Waals surface area contributed by atoms with Gasteiger partial charge in [-0.05, 0) is 19.4 Å². The maximum atomic E-state index is 11.1. The summed E-state index contributed by atoms with van der Waals surface area (Å²) in [6.07, 6.45) is 1.32. The molecule has 1 aromatic rings. The van der Waals surface area contributed by atoms with Gasteiger partial charge < -0.3 is 21.3 Å². The zero-order valence-electron chi connectivity index (χ0n) is 11.0. The first-order valence-corrected chi connectivity index (χ1v) is 6.00. The van der Waals surface area contributed by atoms with Gasteiger partial charge in [-0.15, -0.1) is 0 Å². The number of allylic oxidation sites excluding steroid dienone is 1. The quantitative estimate of drug-likeness (QED) is 0.675. The number of hydrogen-bond acceptors (Lipinski definition) is 5. The molecule has 0 radical (unpaired) electrons. The number of ether oxygens (including phenoxy) is 1. The van der Waals surface area contributed by atoms with Crippen molar-refractivity contribution in [1.29, 1.82) is 0 Å². The highest BCUT2D eigenvalue weighted by Gasteiger charge is 2.33. The number of primary amides is 1. The molecule has 1 aliphatic heterocycles. The fourth-order valence-corrected chi connectivity index (χ4v) is 2.27. The Bertz CT molecular complexity index is 531. The van der Waals surface area contributed by atoms with Crippen LogP contribution in [0, 0.1) is 0 Å². The van der Waals surface area contributed by atoms with Crippen molar-refractivity contribution in [1.82, 2.24) is 9.55 Å². The Balaban J connectivity index is 2.30. The van der Waals surface area contributed by atoms with E-state index in [0.717, 1.165) is 11.1 Å². The number of nitrogens with two attached hydrogens (primary N) is 2. The highest BCUT2D eigenvalue weighted by atomic mass is 16.5. The molecule has 2 rings (SSSR count). The highest BCUT2D eigenvalue weighted by molar-refractivity contribution is 5.95. The summed E-state index contributed by atoms with van der Waals surface area (Å²) >= 11 is 0. The molecule has 0 aliphatic carbocycles. The Morgan fingerprint density at radius 1 is 1.63 bits per heavy atom. The molecule has 1 saturated heterocycles.